The quantitative estimate of drug-likeness (QED) is 0.480. The van der Waals surface area contributed by atoms with Gasteiger partial charge in [-0.15, -0.1) is 0 Å². The molecule has 3 fully saturated rings. The first-order valence-electron chi connectivity index (χ1n) is 11.2. The van der Waals surface area contributed by atoms with Gasteiger partial charge in [-0.25, -0.2) is 0 Å². The van der Waals surface area contributed by atoms with Crippen LogP contribution in [0.4, 0.5) is 5.69 Å². The van der Waals surface area contributed by atoms with E-state index in [0.717, 1.165) is 44.1 Å². The highest BCUT2D eigenvalue weighted by molar-refractivity contribution is 6.35. The lowest BCUT2D eigenvalue weighted by Crippen LogP contribution is -2.55. The molecule has 5 rings (SSSR count). The molecule has 166 valence electrons. The molecule has 3 heterocycles. The molecule has 4 aliphatic rings. The second-order valence-electron chi connectivity index (χ2n) is 9.54. The van der Waals surface area contributed by atoms with E-state index >= 15 is 0 Å². The number of aliphatic hydroxyl groups is 1. The Morgan fingerprint density at radius 2 is 1.81 bits per heavy atom. The molecule has 3 N–H and O–H groups in total. The number of carbonyl (C=O) groups excluding carboxylic acids is 3. The summed E-state index contributed by atoms with van der Waals surface area (Å²) in [6.45, 7) is 3.47. The van der Waals surface area contributed by atoms with Crippen LogP contribution < -0.4 is 10.6 Å². The molecular formula is C23H28ClN3O4. The molecule has 1 aromatic rings. The van der Waals surface area contributed by atoms with Gasteiger partial charge in [0.1, 0.15) is 5.54 Å². The summed E-state index contributed by atoms with van der Waals surface area (Å²) in [6, 6.07) is 2.77. The van der Waals surface area contributed by atoms with Crippen LogP contribution in [0, 0.1) is 18.8 Å². The average Bonchev–Trinajstić information content (AvgIpc) is 3.18. The first-order valence-corrected chi connectivity index (χ1v) is 11.6. The van der Waals surface area contributed by atoms with E-state index in [2.05, 4.69) is 10.6 Å². The highest BCUT2D eigenvalue weighted by Gasteiger charge is 2.71. The van der Waals surface area contributed by atoms with E-state index in [1.807, 2.05) is 13.0 Å². The van der Waals surface area contributed by atoms with Crippen molar-refractivity contribution in [3.8, 4) is 0 Å². The SMILES string of the molecule is Cc1cc(Cl)c2c(c1)[C@]1(N[C@@H]([C@H](C)O)[C@H]3C(=O)N(C4CCCCCC4)C(=O)[C@H]31)C(=O)N2. The van der Waals surface area contributed by atoms with Crippen LogP contribution in [0.2, 0.25) is 5.02 Å². The van der Waals surface area contributed by atoms with Gasteiger partial charge in [-0.1, -0.05) is 43.4 Å². The number of benzene rings is 1. The minimum atomic E-state index is -1.41. The van der Waals surface area contributed by atoms with Gasteiger partial charge in [-0.2, -0.15) is 0 Å². The lowest BCUT2D eigenvalue weighted by Gasteiger charge is -2.32. The highest BCUT2D eigenvalue weighted by Crippen LogP contribution is 2.55. The van der Waals surface area contributed by atoms with Gasteiger partial charge >= 0.3 is 0 Å². The number of aryl methyl sites for hydroxylation is 1. The molecule has 1 aromatic carbocycles. The van der Waals surface area contributed by atoms with Crippen molar-refractivity contribution >= 4 is 35.0 Å². The fourth-order valence-electron chi connectivity index (χ4n) is 6.24. The molecule has 2 saturated heterocycles. The van der Waals surface area contributed by atoms with Gasteiger partial charge in [-0.3, -0.25) is 24.6 Å². The first-order chi connectivity index (χ1) is 14.8. The number of nitrogens with zero attached hydrogens (tertiary/aromatic N) is 1. The minimum absolute atomic E-state index is 0.134. The molecule has 7 nitrogen and oxygen atoms in total. The zero-order valence-corrected chi connectivity index (χ0v) is 18.5. The largest absolute Gasteiger partial charge is 0.392 e. The minimum Gasteiger partial charge on any atom is -0.392 e. The number of hydrogen-bond donors (Lipinski definition) is 3. The zero-order chi connectivity index (χ0) is 22.1. The Morgan fingerprint density at radius 1 is 1.13 bits per heavy atom. The number of carbonyl (C=O) groups is 3. The summed E-state index contributed by atoms with van der Waals surface area (Å²) in [6.07, 6.45) is 4.87. The van der Waals surface area contributed by atoms with E-state index in [1.54, 1.807) is 13.0 Å². The molecular weight excluding hydrogens is 418 g/mol. The number of anilines is 1. The van der Waals surface area contributed by atoms with Crippen molar-refractivity contribution in [1.29, 1.82) is 0 Å². The van der Waals surface area contributed by atoms with Gasteiger partial charge in [0.15, 0.2) is 0 Å². The predicted molar refractivity (Wildman–Crippen MR) is 115 cm³/mol. The number of nitrogens with one attached hydrogen (secondary N) is 2. The fraction of sp³-hybridized carbons (Fsp3) is 0.609. The zero-order valence-electron chi connectivity index (χ0n) is 17.8. The molecule has 0 aromatic heterocycles. The molecule has 1 spiro atoms. The highest BCUT2D eigenvalue weighted by atomic mass is 35.5. The summed E-state index contributed by atoms with van der Waals surface area (Å²) in [5, 5.41) is 17.0. The van der Waals surface area contributed by atoms with Crippen LogP contribution in [0.25, 0.3) is 0 Å². The van der Waals surface area contributed by atoms with Gasteiger partial charge in [0.2, 0.25) is 17.7 Å². The van der Waals surface area contributed by atoms with Gasteiger partial charge in [0.25, 0.3) is 0 Å². The topological polar surface area (TPSA) is 98.7 Å². The third kappa shape index (κ3) is 2.82. The van der Waals surface area contributed by atoms with Crippen LogP contribution in [0.3, 0.4) is 0 Å². The van der Waals surface area contributed by atoms with Crippen LogP contribution >= 0.6 is 11.6 Å². The number of hydrogen-bond acceptors (Lipinski definition) is 5. The third-order valence-electron chi connectivity index (χ3n) is 7.60. The van der Waals surface area contributed by atoms with E-state index in [1.165, 1.54) is 4.90 Å². The monoisotopic (exact) mass is 445 g/mol. The first kappa shape index (κ1) is 20.9. The van der Waals surface area contributed by atoms with Crippen molar-refractivity contribution in [3.05, 3.63) is 28.3 Å². The molecule has 1 aliphatic carbocycles. The standard InChI is InChI=1S/C23H28ClN3O4/c1-11-9-14-19(15(24)10-11)25-22(31)23(14)17-16(18(26-23)12(2)28)20(29)27(21(17)30)13-7-5-3-4-6-8-13/h9-10,12-13,16-18,26,28H,3-8H2,1-2H3,(H,25,31)/t12-,16-,17-,18-,23+/m0/s1. The van der Waals surface area contributed by atoms with E-state index in [0.29, 0.717) is 16.3 Å². The Hall–Kier alpha value is -1.96. The number of halogens is 1. The van der Waals surface area contributed by atoms with E-state index in [9.17, 15) is 19.5 Å². The van der Waals surface area contributed by atoms with Crippen LogP contribution in [-0.2, 0) is 19.9 Å². The number of imide groups is 1. The van der Waals surface area contributed by atoms with Crippen molar-refractivity contribution in [2.75, 3.05) is 5.32 Å². The summed E-state index contributed by atoms with van der Waals surface area (Å²) in [5.74, 6) is -2.65. The summed E-state index contributed by atoms with van der Waals surface area (Å²) in [7, 11) is 0. The fourth-order valence-corrected chi connectivity index (χ4v) is 6.56. The van der Waals surface area contributed by atoms with Crippen molar-refractivity contribution < 1.29 is 19.5 Å². The molecule has 0 radical (unpaired) electrons. The lowest BCUT2D eigenvalue weighted by molar-refractivity contribution is -0.146. The van der Waals surface area contributed by atoms with Crippen LogP contribution in [0.1, 0.15) is 56.6 Å². The van der Waals surface area contributed by atoms with Crippen molar-refractivity contribution in [2.45, 2.75) is 76.1 Å². The Labute approximate surface area is 186 Å². The summed E-state index contributed by atoms with van der Waals surface area (Å²) >= 11 is 6.42. The van der Waals surface area contributed by atoms with Gasteiger partial charge in [0, 0.05) is 17.6 Å². The van der Waals surface area contributed by atoms with Crippen molar-refractivity contribution in [1.82, 2.24) is 10.2 Å². The number of fused-ring (bicyclic) bond motifs is 4. The molecule has 1 saturated carbocycles. The molecule has 5 atom stereocenters. The molecule has 3 aliphatic heterocycles. The molecule has 0 bridgehead atoms. The molecule has 0 unspecified atom stereocenters. The molecule has 3 amide bonds. The average molecular weight is 446 g/mol. The number of likely N-dealkylation sites (tertiary alicyclic amines) is 1. The second kappa shape index (κ2) is 7.29. The number of aliphatic hydroxyl groups excluding tert-OH is 1. The lowest BCUT2D eigenvalue weighted by atomic mass is 9.76. The Balaban J connectivity index is 1.65. The Kier molecular flexibility index (Phi) is 4.92. The van der Waals surface area contributed by atoms with E-state index < -0.39 is 35.4 Å². The van der Waals surface area contributed by atoms with Crippen molar-refractivity contribution in [2.24, 2.45) is 11.8 Å². The maximum absolute atomic E-state index is 13.8. The summed E-state index contributed by atoms with van der Waals surface area (Å²) in [4.78, 5) is 42.3. The summed E-state index contributed by atoms with van der Waals surface area (Å²) in [5.41, 5.74) is 0.507. The number of amides is 3. The van der Waals surface area contributed by atoms with Crippen LogP contribution in [0.5, 0.6) is 0 Å². The molecule has 31 heavy (non-hydrogen) atoms. The Morgan fingerprint density at radius 3 is 2.45 bits per heavy atom. The van der Waals surface area contributed by atoms with Gasteiger partial charge < -0.3 is 10.4 Å². The van der Waals surface area contributed by atoms with Crippen LogP contribution in [-0.4, -0.2) is 45.9 Å². The summed E-state index contributed by atoms with van der Waals surface area (Å²) < 4.78 is 0. The maximum Gasteiger partial charge on any atom is 0.250 e. The van der Waals surface area contributed by atoms with Crippen molar-refractivity contribution in [3.63, 3.8) is 0 Å². The number of rotatable bonds is 2. The van der Waals surface area contributed by atoms with E-state index in [-0.39, 0.29) is 17.9 Å². The predicted octanol–water partition coefficient (Wildman–Crippen LogP) is 2.47. The second-order valence-corrected chi connectivity index (χ2v) is 9.94. The smallest absolute Gasteiger partial charge is 0.250 e. The maximum atomic E-state index is 13.8. The Bertz CT molecular complexity index is 972. The molecule has 8 heteroatoms. The van der Waals surface area contributed by atoms with E-state index in [4.69, 9.17) is 11.6 Å². The van der Waals surface area contributed by atoms with Gasteiger partial charge in [-0.05, 0) is 38.3 Å². The van der Waals surface area contributed by atoms with Crippen LogP contribution in [0.15, 0.2) is 12.1 Å². The third-order valence-corrected chi connectivity index (χ3v) is 7.90. The van der Waals surface area contributed by atoms with Gasteiger partial charge in [0.05, 0.1) is 28.6 Å². The normalized spacial score (nSPS) is 34.1.